The Balaban J connectivity index is 1.61. The summed E-state index contributed by atoms with van der Waals surface area (Å²) < 4.78 is 1.95. The first-order valence-electron chi connectivity index (χ1n) is 12.8. The highest BCUT2D eigenvalue weighted by Crippen LogP contribution is 2.37. The maximum absolute atomic E-state index is 10.4. The van der Waals surface area contributed by atoms with Gasteiger partial charge in [-0.15, -0.1) is 0 Å². The Kier molecular flexibility index (Phi) is 5.70. The van der Waals surface area contributed by atoms with Crippen LogP contribution in [0, 0.1) is 22.7 Å². The minimum absolute atomic E-state index is 0.300. The van der Waals surface area contributed by atoms with E-state index in [4.69, 9.17) is 15.0 Å². The Labute approximate surface area is 234 Å². The third-order valence-electron chi connectivity index (χ3n) is 6.90. The third-order valence-corrected chi connectivity index (χ3v) is 6.90. The lowest BCUT2D eigenvalue weighted by Gasteiger charge is -2.16. The summed E-state index contributed by atoms with van der Waals surface area (Å²) in [5.41, 5.74) is 4.89. The van der Waals surface area contributed by atoms with Gasteiger partial charge in [-0.2, -0.15) is 10.5 Å². The van der Waals surface area contributed by atoms with Gasteiger partial charge in [0.05, 0.1) is 46.3 Å². The summed E-state index contributed by atoms with van der Waals surface area (Å²) in [7, 11) is 0. The minimum atomic E-state index is 0.300. The molecule has 0 spiro atoms. The quantitative estimate of drug-likeness (QED) is 0.257. The van der Waals surface area contributed by atoms with Gasteiger partial charge in [-0.1, -0.05) is 60.7 Å². The summed E-state index contributed by atoms with van der Waals surface area (Å²) in [6.07, 6.45) is 7.00. The number of hydrogen-bond acceptors (Lipinski definition) is 7. The van der Waals surface area contributed by atoms with E-state index in [0.29, 0.717) is 39.9 Å². The van der Waals surface area contributed by atoms with Crippen LogP contribution in [0.15, 0.2) is 110 Å². The molecule has 0 aliphatic carbocycles. The highest BCUT2D eigenvalue weighted by Gasteiger charge is 2.23. The molecule has 0 atom stereocenters. The van der Waals surface area contributed by atoms with Gasteiger partial charge in [0.2, 0.25) is 0 Å². The maximum atomic E-state index is 10.4. The van der Waals surface area contributed by atoms with Gasteiger partial charge in [0.25, 0.3) is 0 Å². The molecule has 0 aliphatic rings. The summed E-state index contributed by atoms with van der Waals surface area (Å²) in [5, 5.41) is 22.2. The lowest BCUT2D eigenvalue weighted by atomic mass is 10.0. The molecule has 0 saturated heterocycles. The van der Waals surface area contributed by atoms with E-state index in [-0.39, 0.29) is 0 Å². The monoisotopic (exact) mass is 526 g/mol. The number of nitriles is 2. The average molecular weight is 527 g/mol. The molecule has 0 saturated carbocycles. The summed E-state index contributed by atoms with van der Waals surface area (Å²) >= 11 is 0. The topological polar surface area (TPSA) is 117 Å². The van der Waals surface area contributed by atoms with Crippen LogP contribution in [0.1, 0.15) is 11.1 Å². The molecule has 41 heavy (non-hydrogen) atoms. The van der Waals surface area contributed by atoms with Crippen molar-refractivity contribution in [2.75, 3.05) is 0 Å². The van der Waals surface area contributed by atoms with Gasteiger partial charge in [0.15, 0.2) is 17.5 Å². The van der Waals surface area contributed by atoms with Gasteiger partial charge < -0.3 is 4.57 Å². The van der Waals surface area contributed by atoms with Crippen LogP contribution in [0.2, 0.25) is 0 Å². The van der Waals surface area contributed by atoms with E-state index in [1.54, 1.807) is 36.9 Å². The van der Waals surface area contributed by atoms with Gasteiger partial charge in [-0.25, -0.2) is 15.0 Å². The largest absolute Gasteiger partial charge is 0.304 e. The first-order chi connectivity index (χ1) is 20.2. The van der Waals surface area contributed by atoms with Gasteiger partial charge in [0.1, 0.15) is 6.07 Å². The molecule has 7 rings (SSSR count). The van der Waals surface area contributed by atoms with Crippen LogP contribution in [-0.4, -0.2) is 29.5 Å². The molecule has 190 valence electrons. The Bertz CT molecular complexity index is 2060. The summed E-state index contributed by atoms with van der Waals surface area (Å²) in [5.74, 6) is 1.29. The van der Waals surface area contributed by atoms with Crippen LogP contribution in [0.25, 0.3) is 61.7 Å². The van der Waals surface area contributed by atoms with E-state index in [1.807, 2.05) is 77.4 Å². The molecule has 3 aromatic carbocycles. The molecule has 0 unspecified atom stereocenters. The molecule has 0 fully saturated rings. The van der Waals surface area contributed by atoms with Crippen LogP contribution < -0.4 is 0 Å². The van der Waals surface area contributed by atoms with Crippen molar-refractivity contribution in [2.24, 2.45) is 0 Å². The molecule has 0 bridgehead atoms. The number of nitrogens with zero attached hydrogens (tertiary/aromatic N) is 8. The fourth-order valence-corrected chi connectivity index (χ4v) is 5.08. The number of pyridine rings is 2. The van der Waals surface area contributed by atoms with E-state index in [9.17, 15) is 10.5 Å². The Morgan fingerprint density at radius 1 is 0.585 bits per heavy atom. The van der Waals surface area contributed by atoms with Gasteiger partial charge in [-0.3, -0.25) is 9.97 Å². The second-order valence-corrected chi connectivity index (χ2v) is 9.30. The van der Waals surface area contributed by atoms with Gasteiger partial charge in [-0.05, 0) is 24.3 Å². The number of hydrogen-bond donors (Lipinski definition) is 0. The number of benzene rings is 3. The maximum Gasteiger partial charge on any atom is 0.166 e. The summed E-state index contributed by atoms with van der Waals surface area (Å²) in [4.78, 5) is 23.3. The molecule has 0 amide bonds. The first kappa shape index (κ1) is 23.8. The average Bonchev–Trinajstić information content (AvgIpc) is 3.38. The fraction of sp³-hybridized carbons (Fsp3) is 0. The smallest absolute Gasteiger partial charge is 0.166 e. The van der Waals surface area contributed by atoms with Crippen molar-refractivity contribution in [3.63, 3.8) is 0 Å². The highest BCUT2D eigenvalue weighted by atomic mass is 15.1. The van der Waals surface area contributed by atoms with E-state index in [2.05, 4.69) is 22.1 Å². The molecule has 8 heteroatoms. The zero-order valence-corrected chi connectivity index (χ0v) is 21.5. The molecular formula is C33H18N8. The van der Waals surface area contributed by atoms with Crippen LogP contribution in [0.3, 0.4) is 0 Å². The predicted molar refractivity (Wildman–Crippen MR) is 155 cm³/mol. The fourth-order valence-electron chi connectivity index (χ4n) is 5.08. The third kappa shape index (κ3) is 4.04. The second kappa shape index (κ2) is 9.81. The van der Waals surface area contributed by atoms with E-state index < -0.39 is 0 Å². The highest BCUT2D eigenvalue weighted by molar-refractivity contribution is 6.09. The van der Waals surface area contributed by atoms with Crippen molar-refractivity contribution in [3.8, 4) is 52.0 Å². The lowest BCUT2D eigenvalue weighted by molar-refractivity contribution is 1.06. The number of aromatic nitrogens is 6. The van der Waals surface area contributed by atoms with Crippen LogP contribution in [0.5, 0.6) is 0 Å². The first-order valence-corrected chi connectivity index (χ1v) is 12.8. The number of rotatable bonds is 4. The lowest BCUT2D eigenvalue weighted by Crippen LogP contribution is -2.06. The van der Waals surface area contributed by atoms with Crippen molar-refractivity contribution in [1.82, 2.24) is 29.5 Å². The van der Waals surface area contributed by atoms with E-state index in [0.717, 1.165) is 32.9 Å². The second-order valence-electron chi connectivity index (χ2n) is 9.30. The van der Waals surface area contributed by atoms with Crippen molar-refractivity contribution >= 4 is 21.8 Å². The SMILES string of the molecule is N#Cc1cc(C#N)c(-n2c3cnccc3c3ccncc32)c(-c2nc(-c3ccccc3)nc(-c3ccccc3)n2)c1. The Hall–Kier alpha value is -6.25. The number of fused-ring (bicyclic) bond motifs is 3. The Morgan fingerprint density at radius 3 is 1.63 bits per heavy atom. The van der Waals surface area contributed by atoms with Crippen LogP contribution in [-0.2, 0) is 0 Å². The van der Waals surface area contributed by atoms with Crippen molar-refractivity contribution in [2.45, 2.75) is 0 Å². The standard InChI is InChI=1S/C33H18N8/c34-17-21-15-24(18-35)30(41-28-19-36-13-11-25(28)26-12-14-37-20-29(26)41)27(16-21)33-39-31(22-7-3-1-4-8-22)38-32(40-33)23-9-5-2-6-10-23/h1-16,19-20H. The van der Waals surface area contributed by atoms with Crippen LogP contribution in [0.4, 0.5) is 0 Å². The van der Waals surface area contributed by atoms with E-state index in [1.165, 1.54) is 0 Å². The molecule has 0 N–H and O–H groups in total. The summed E-state index contributed by atoms with van der Waals surface area (Å²) in [6, 6.07) is 31.0. The molecule has 0 radical (unpaired) electrons. The molecule has 8 nitrogen and oxygen atoms in total. The summed E-state index contributed by atoms with van der Waals surface area (Å²) in [6.45, 7) is 0. The zero-order valence-electron chi connectivity index (χ0n) is 21.5. The zero-order chi connectivity index (χ0) is 27.8. The van der Waals surface area contributed by atoms with Crippen molar-refractivity contribution < 1.29 is 0 Å². The van der Waals surface area contributed by atoms with Gasteiger partial charge >= 0.3 is 0 Å². The molecular weight excluding hydrogens is 508 g/mol. The Morgan fingerprint density at radius 2 is 1.12 bits per heavy atom. The minimum Gasteiger partial charge on any atom is -0.304 e. The van der Waals surface area contributed by atoms with E-state index >= 15 is 0 Å². The molecule has 7 aromatic rings. The van der Waals surface area contributed by atoms with Crippen molar-refractivity contribution in [1.29, 1.82) is 10.5 Å². The molecule has 4 aromatic heterocycles. The van der Waals surface area contributed by atoms with Gasteiger partial charge in [0, 0.05) is 39.9 Å². The van der Waals surface area contributed by atoms with Crippen molar-refractivity contribution in [3.05, 3.63) is 121 Å². The predicted octanol–water partition coefficient (Wildman–Crippen LogP) is 6.50. The molecule has 4 heterocycles. The van der Waals surface area contributed by atoms with Crippen LogP contribution >= 0.6 is 0 Å². The molecule has 0 aliphatic heterocycles. The normalized spacial score (nSPS) is 10.9.